The summed E-state index contributed by atoms with van der Waals surface area (Å²) in [6.07, 6.45) is -0.484. The molecule has 0 fully saturated rings. The van der Waals surface area contributed by atoms with Crippen molar-refractivity contribution in [2.24, 2.45) is 0 Å². The number of nitrogens with one attached hydrogen (secondary N) is 1. The predicted octanol–water partition coefficient (Wildman–Crippen LogP) is 3.18. The normalized spacial score (nSPS) is 12.5. The fraction of sp³-hybridized carbons (Fsp3) is 0.333. The Morgan fingerprint density at radius 2 is 2.00 bits per heavy atom. The maximum atomic E-state index is 9.82. The lowest BCUT2D eigenvalue weighted by molar-refractivity contribution is 0.0288. The molecule has 0 saturated carbocycles. The molecule has 0 aliphatic heterocycles. The van der Waals surface area contributed by atoms with E-state index >= 15 is 0 Å². The van der Waals surface area contributed by atoms with Crippen molar-refractivity contribution < 1.29 is 9.84 Å². The Kier molecular flexibility index (Phi) is 6.69. The lowest BCUT2D eigenvalue weighted by Gasteiger charge is -2.12. The number of hydrogen-bond donors (Lipinski definition) is 2. The van der Waals surface area contributed by atoms with Crippen molar-refractivity contribution in [3.05, 3.63) is 56.7 Å². The number of hydrogen-bond acceptors (Lipinski definition) is 4. The van der Waals surface area contributed by atoms with Gasteiger partial charge in [0, 0.05) is 18.0 Å². The molecule has 1 atom stereocenters. The van der Waals surface area contributed by atoms with E-state index in [0.717, 1.165) is 15.9 Å². The van der Waals surface area contributed by atoms with E-state index < -0.39 is 6.10 Å². The Bertz CT molecular complexity index is 504. The van der Waals surface area contributed by atoms with Crippen LogP contribution in [0.5, 0.6) is 0 Å². The Hall–Kier alpha value is -0.720. The highest BCUT2D eigenvalue weighted by molar-refractivity contribution is 9.11. The van der Waals surface area contributed by atoms with Gasteiger partial charge < -0.3 is 15.2 Å². The van der Waals surface area contributed by atoms with E-state index in [0.29, 0.717) is 19.8 Å². The monoisotopic (exact) mass is 355 g/mol. The summed E-state index contributed by atoms with van der Waals surface area (Å²) in [6, 6.07) is 14.1. The van der Waals surface area contributed by atoms with Gasteiger partial charge in [0.1, 0.15) is 0 Å². The number of aliphatic hydroxyl groups excluding tert-OH is 1. The molecule has 0 saturated heterocycles. The number of benzene rings is 1. The van der Waals surface area contributed by atoms with Gasteiger partial charge in [-0.3, -0.25) is 0 Å². The molecule has 0 radical (unpaired) electrons. The van der Waals surface area contributed by atoms with Crippen molar-refractivity contribution in [2.75, 3.05) is 13.2 Å². The molecular weight excluding hydrogens is 338 g/mol. The molecule has 3 nitrogen and oxygen atoms in total. The SMILES string of the molecule is OC(CNCc1ccc(Br)s1)COCc1ccccc1. The van der Waals surface area contributed by atoms with Crippen molar-refractivity contribution >= 4 is 27.3 Å². The number of thiophene rings is 1. The van der Waals surface area contributed by atoms with Crippen LogP contribution in [0.1, 0.15) is 10.4 Å². The first-order chi connectivity index (χ1) is 9.74. The summed E-state index contributed by atoms with van der Waals surface area (Å²) in [5.41, 5.74) is 1.12. The second-order valence-electron chi connectivity index (χ2n) is 4.49. The van der Waals surface area contributed by atoms with Crippen LogP contribution in [0, 0.1) is 0 Å². The van der Waals surface area contributed by atoms with Crippen LogP contribution in [0.3, 0.4) is 0 Å². The first kappa shape index (κ1) is 15.7. The van der Waals surface area contributed by atoms with E-state index in [1.165, 1.54) is 4.88 Å². The third-order valence-electron chi connectivity index (χ3n) is 2.73. The lowest BCUT2D eigenvalue weighted by atomic mass is 10.2. The minimum atomic E-state index is -0.484. The van der Waals surface area contributed by atoms with Gasteiger partial charge in [0.2, 0.25) is 0 Å². The van der Waals surface area contributed by atoms with Gasteiger partial charge in [0.25, 0.3) is 0 Å². The van der Waals surface area contributed by atoms with Crippen LogP contribution in [0.2, 0.25) is 0 Å². The number of ether oxygens (including phenoxy) is 1. The van der Waals surface area contributed by atoms with E-state index in [1.807, 2.05) is 36.4 Å². The highest BCUT2D eigenvalue weighted by atomic mass is 79.9. The first-order valence-electron chi connectivity index (χ1n) is 6.48. The number of rotatable bonds is 8. The fourth-order valence-corrected chi connectivity index (χ4v) is 3.21. The summed E-state index contributed by atoms with van der Waals surface area (Å²) < 4.78 is 6.62. The highest BCUT2D eigenvalue weighted by Crippen LogP contribution is 2.21. The minimum Gasteiger partial charge on any atom is -0.389 e. The van der Waals surface area contributed by atoms with E-state index in [9.17, 15) is 5.11 Å². The van der Waals surface area contributed by atoms with Crippen LogP contribution in [-0.2, 0) is 17.9 Å². The standard InChI is InChI=1S/C15H18BrNO2S/c16-15-7-6-14(20-15)9-17-8-13(18)11-19-10-12-4-2-1-3-5-12/h1-7,13,17-18H,8-11H2. The topological polar surface area (TPSA) is 41.5 Å². The molecule has 0 spiro atoms. The molecule has 108 valence electrons. The molecule has 0 bridgehead atoms. The van der Waals surface area contributed by atoms with Gasteiger partial charge in [-0.25, -0.2) is 0 Å². The smallest absolute Gasteiger partial charge is 0.0897 e. The van der Waals surface area contributed by atoms with Gasteiger partial charge in [-0.15, -0.1) is 11.3 Å². The summed E-state index contributed by atoms with van der Waals surface area (Å²) in [4.78, 5) is 1.24. The largest absolute Gasteiger partial charge is 0.389 e. The molecule has 2 N–H and O–H groups in total. The number of aliphatic hydroxyl groups is 1. The Morgan fingerprint density at radius 3 is 2.70 bits per heavy atom. The predicted molar refractivity (Wildman–Crippen MR) is 85.8 cm³/mol. The van der Waals surface area contributed by atoms with Gasteiger partial charge in [-0.2, -0.15) is 0 Å². The van der Waals surface area contributed by atoms with Gasteiger partial charge in [-0.05, 0) is 33.6 Å². The van der Waals surface area contributed by atoms with Crippen LogP contribution in [0.15, 0.2) is 46.3 Å². The van der Waals surface area contributed by atoms with Gasteiger partial charge in [0.05, 0.1) is 23.1 Å². The van der Waals surface area contributed by atoms with Crippen molar-refractivity contribution in [1.82, 2.24) is 5.32 Å². The first-order valence-corrected chi connectivity index (χ1v) is 8.09. The van der Waals surface area contributed by atoms with Crippen LogP contribution in [0.4, 0.5) is 0 Å². The molecule has 20 heavy (non-hydrogen) atoms. The Morgan fingerprint density at radius 1 is 1.20 bits per heavy atom. The van der Waals surface area contributed by atoms with Crippen molar-refractivity contribution in [1.29, 1.82) is 0 Å². The van der Waals surface area contributed by atoms with Crippen LogP contribution >= 0.6 is 27.3 Å². The Labute approximate surface area is 131 Å². The van der Waals surface area contributed by atoms with Gasteiger partial charge >= 0.3 is 0 Å². The van der Waals surface area contributed by atoms with E-state index in [-0.39, 0.29) is 0 Å². The van der Waals surface area contributed by atoms with Crippen molar-refractivity contribution in [3.8, 4) is 0 Å². The molecule has 1 heterocycles. The fourth-order valence-electron chi connectivity index (χ4n) is 1.75. The van der Waals surface area contributed by atoms with Crippen LogP contribution < -0.4 is 5.32 Å². The van der Waals surface area contributed by atoms with E-state index in [1.54, 1.807) is 11.3 Å². The maximum Gasteiger partial charge on any atom is 0.0897 e. The third kappa shape index (κ3) is 5.73. The summed E-state index contributed by atoms with van der Waals surface area (Å²) in [5.74, 6) is 0. The third-order valence-corrected chi connectivity index (χ3v) is 4.35. The van der Waals surface area contributed by atoms with E-state index in [4.69, 9.17) is 4.74 Å². The summed E-state index contributed by atoms with van der Waals surface area (Å²) in [5, 5.41) is 13.0. The molecule has 0 amide bonds. The zero-order valence-electron chi connectivity index (χ0n) is 11.1. The van der Waals surface area contributed by atoms with Gasteiger partial charge in [-0.1, -0.05) is 30.3 Å². The highest BCUT2D eigenvalue weighted by Gasteiger charge is 2.05. The molecule has 0 aliphatic carbocycles. The van der Waals surface area contributed by atoms with Crippen molar-refractivity contribution in [2.45, 2.75) is 19.3 Å². The van der Waals surface area contributed by atoms with Gasteiger partial charge in [0.15, 0.2) is 0 Å². The molecule has 1 unspecified atom stereocenters. The second kappa shape index (κ2) is 8.54. The lowest BCUT2D eigenvalue weighted by Crippen LogP contribution is -2.29. The maximum absolute atomic E-state index is 9.82. The minimum absolute atomic E-state index is 0.343. The second-order valence-corrected chi connectivity index (χ2v) is 7.04. The molecule has 1 aromatic heterocycles. The molecular formula is C15H18BrNO2S. The summed E-state index contributed by atoms with van der Waals surface area (Å²) in [6.45, 7) is 2.18. The average molecular weight is 356 g/mol. The molecule has 1 aromatic carbocycles. The van der Waals surface area contributed by atoms with E-state index in [2.05, 4.69) is 27.3 Å². The number of halogens is 1. The molecule has 5 heteroatoms. The quantitative estimate of drug-likeness (QED) is 0.763. The van der Waals surface area contributed by atoms with Crippen LogP contribution in [-0.4, -0.2) is 24.4 Å². The molecule has 2 rings (SSSR count). The summed E-state index contributed by atoms with van der Waals surface area (Å²) in [7, 11) is 0. The van der Waals surface area contributed by atoms with Crippen molar-refractivity contribution in [3.63, 3.8) is 0 Å². The molecule has 0 aliphatic rings. The summed E-state index contributed by atoms with van der Waals surface area (Å²) >= 11 is 5.13. The average Bonchev–Trinajstić information content (AvgIpc) is 2.86. The molecule has 2 aromatic rings. The Balaban J connectivity index is 1.57. The van der Waals surface area contributed by atoms with Crippen LogP contribution in [0.25, 0.3) is 0 Å². The zero-order valence-corrected chi connectivity index (χ0v) is 13.5. The zero-order chi connectivity index (χ0) is 14.2.